The van der Waals surface area contributed by atoms with Crippen LogP contribution in [0.3, 0.4) is 0 Å². The Kier molecular flexibility index (Phi) is 3.45. The standard InChI is InChI=1S/C19H21N3O4/c1-11-6-14(7-18(23)22(11)13-4-5-13)25-15-9-21(10-15)19(24)16-8-17(26-20-16)12-2-3-12/h6-8,12-13,15H,2-5,9-10H2,1H3. The molecule has 0 N–H and O–H groups in total. The number of aryl methyl sites for hydroxylation is 1. The Morgan fingerprint density at radius 1 is 1.19 bits per heavy atom. The van der Waals surface area contributed by atoms with Gasteiger partial charge >= 0.3 is 0 Å². The number of hydrogen-bond donors (Lipinski definition) is 0. The van der Waals surface area contributed by atoms with Crippen molar-refractivity contribution in [1.29, 1.82) is 0 Å². The fraction of sp³-hybridized carbons (Fsp3) is 0.526. The van der Waals surface area contributed by atoms with Gasteiger partial charge in [0.15, 0.2) is 5.69 Å². The number of pyridine rings is 1. The molecule has 3 heterocycles. The number of nitrogens with zero attached hydrogens (tertiary/aromatic N) is 3. The van der Waals surface area contributed by atoms with Crippen molar-refractivity contribution in [2.24, 2.45) is 0 Å². The van der Waals surface area contributed by atoms with Crippen LogP contribution in [-0.4, -0.2) is 39.7 Å². The van der Waals surface area contributed by atoms with Gasteiger partial charge in [-0.1, -0.05) is 5.16 Å². The lowest BCUT2D eigenvalue weighted by atomic mass is 10.1. The highest BCUT2D eigenvalue weighted by molar-refractivity contribution is 5.92. The highest BCUT2D eigenvalue weighted by Crippen LogP contribution is 2.40. The lowest BCUT2D eigenvalue weighted by Gasteiger charge is -2.38. The fourth-order valence-corrected chi connectivity index (χ4v) is 3.53. The van der Waals surface area contributed by atoms with Crippen LogP contribution < -0.4 is 10.3 Å². The molecule has 0 radical (unpaired) electrons. The Hall–Kier alpha value is -2.57. The molecule has 0 atom stereocenters. The predicted molar refractivity (Wildman–Crippen MR) is 92.5 cm³/mol. The predicted octanol–water partition coefficient (Wildman–Crippen LogP) is 2.26. The van der Waals surface area contributed by atoms with Gasteiger partial charge in [0.1, 0.15) is 17.6 Å². The maximum absolute atomic E-state index is 12.4. The van der Waals surface area contributed by atoms with Crippen LogP contribution in [-0.2, 0) is 0 Å². The van der Waals surface area contributed by atoms with Crippen molar-refractivity contribution in [2.45, 2.75) is 50.7 Å². The number of carbonyl (C=O) groups excluding carboxylic acids is 1. The van der Waals surface area contributed by atoms with Crippen LogP contribution in [0.2, 0.25) is 0 Å². The van der Waals surface area contributed by atoms with E-state index in [9.17, 15) is 9.59 Å². The van der Waals surface area contributed by atoms with Crippen molar-refractivity contribution < 1.29 is 14.1 Å². The number of rotatable bonds is 5. The molecule has 2 aromatic rings. The number of amides is 1. The van der Waals surface area contributed by atoms with Gasteiger partial charge in [-0.25, -0.2) is 0 Å². The molecule has 3 fully saturated rings. The topological polar surface area (TPSA) is 77.6 Å². The van der Waals surface area contributed by atoms with Crippen molar-refractivity contribution >= 4 is 5.91 Å². The first kappa shape index (κ1) is 15.7. The first-order valence-corrected chi connectivity index (χ1v) is 9.24. The van der Waals surface area contributed by atoms with E-state index >= 15 is 0 Å². The molecule has 26 heavy (non-hydrogen) atoms. The second-order valence-corrected chi connectivity index (χ2v) is 7.61. The number of aromatic nitrogens is 2. The number of carbonyl (C=O) groups is 1. The lowest BCUT2D eigenvalue weighted by Crippen LogP contribution is -2.56. The maximum atomic E-state index is 12.4. The van der Waals surface area contributed by atoms with Gasteiger partial charge in [0.2, 0.25) is 0 Å². The molecule has 2 saturated carbocycles. The summed E-state index contributed by atoms with van der Waals surface area (Å²) in [6.07, 6.45) is 4.28. The molecule has 2 aliphatic carbocycles. The van der Waals surface area contributed by atoms with E-state index in [1.807, 2.05) is 17.6 Å². The summed E-state index contributed by atoms with van der Waals surface area (Å²) in [5, 5.41) is 3.89. The van der Waals surface area contributed by atoms with Crippen LogP contribution in [0.1, 0.15) is 59.6 Å². The van der Waals surface area contributed by atoms with Gasteiger partial charge in [-0.3, -0.25) is 9.59 Å². The molecule has 0 bridgehead atoms. The van der Waals surface area contributed by atoms with Crippen molar-refractivity contribution in [1.82, 2.24) is 14.6 Å². The Labute approximate surface area is 150 Å². The zero-order valence-electron chi connectivity index (χ0n) is 14.7. The van der Waals surface area contributed by atoms with Gasteiger partial charge in [-0.2, -0.15) is 0 Å². The number of ether oxygens (including phenoxy) is 1. The molecule has 0 unspecified atom stereocenters. The maximum Gasteiger partial charge on any atom is 0.276 e. The molecule has 0 spiro atoms. The second-order valence-electron chi connectivity index (χ2n) is 7.61. The zero-order chi connectivity index (χ0) is 17.8. The monoisotopic (exact) mass is 355 g/mol. The van der Waals surface area contributed by atoms with Crippen LogP contribution in [0.15, 0.2) is 27.5 Å². The van der Waals surface area contributed by atoms with E-state index < -0.39 is 0 Å². The van der Waals surface area contributed by atoms with Crippen molar-refractivity contribution in [3.8, 4) is 5.75 Å². The third-order valence-corrected chi connectivity index (χ3v) is 5.31. The molecular weight excluding hydrogens is 334 g/mol. The molecule has 1 amide bonds. The van der Waals surface area contributed by atoms with Crippen molar-refractivity contribution in [2.75, 3.05) is 13.1 Å². The summed E-state index contributed by atoms with van der Waals surface area (Å²) in [6, 6.07) is 5.57. The Morgan fingerprint density at radius 2 is 1.96 bits per heavy atom. The minimum absolute atomic E-state index is 0.00930. The average molecular weight is 355 g/mol. The molecule has 2 aromatic heterocycles. The normalized spacial score (nSPS) is 20.1. The van der Waals surface area contributed by atoms with Crippen LogP contribution in [0.5, 0.6) is 5.75 Å². The number of likely N-dealkylation sites (tertiary alicyclic amines) is 1. The summed E-state index contributed by atoms with van der Waals surface area (Å²) < 4.78 is 13.0. The van der Waals surface area contributed by atoms with E-state index in [1.165, 1.54) is 0 Å². The average Bonchev–Trinajstić information content (AvgIpc) is 3.49. The Balaban J connectivity index is 1.20. The molecule has 7 nitrogen and oxygen atoms in total. The summed E-state index contributed by atoms with van der Waals surface area (Å²) in [5.41, 5.74) is 1.29. The van der Waals surface area contributed by atoms with Gasteiger partial charge in [0.05, 0.1) is 13.1 Å². The van der Waals surface area contributed by atoms with E-state index in [0.29, 0.717) is 36.5 Å². The smallest absolute Gasteiger partial charge is 0.276 e. The van der Waals surface area contributed by atoms with Gasteiger partial charge < -0.3 is 18.7 Å². The first-order chi connectivity index (χ1) is 12.6. The van der Waals surface area contributed by atoms with Gasteiger partial charge in [-0.15, -0.1) is 0 Å². The summed E-state index contributed by atoms with van der Waals surface area (Å²) in [5.74, 6) is 1.71. The summed E-state index contributed by atoms with van der Waals surface area (Å²) in [6.45, 7) is 2.93. The number of hydrogen-bond acceptors (Lipinski definition) is 5. The molecular formula is C19H21N3O4. The van der Waals surface area contributed by atoms with Crippen LogP contribution in [0, 0.1) is 6.92 Å². The highest BCUT2D eigenvalue weighted by atomic mass is 16.5. The molecule has 136 valence electrons. The van der Waals surface area contributed by atoms with Crippen LogP contribution in [0.25, 0.3) is 0 Å². The molecule has 1 aliphatic heterocycles. The van der Waals surface area contributed by atoms with Gasteiger partial charge in [0.25, 0.3) is 11.5 Å². The molecule has 5 rings (SSSR count). The molecule has 0 aromatic carbocycles. The summed E-state index contributed by atoms with van der Waals surface area (Å²) in [4.78, 5) is 26.4. The Morgan fingerprint density at radius 3 is 2.62 bits per heavy atom. The van der Waals surface area contributed by atoms with Crippen molar-refractivity contribution in [3.05, 3.63) is 45.7 Å². The zero-order valence-corrected chi connectivity index (χ0v) is 14.7. The van der Waals surface area contributed by atoms with Gasteiger partial charge in [0, 0.05) is 29.8 Å². The Bertz CT molecular complexity index is 917. The quantitative estimate of drug-likeness (QED) is 0.822. The van der Waals surface area contributed by atoms with E-state index in [2.05, 4.69) is 5.16 Å². The lowest BCUT2D eigenvalue weighted by molar-refractivity contribution is 0.0169. The van der Waals surface area contributed by atoms with Crippen LogP contribution in [0.4, 0.5) is 0 Å². The van der Waals surface area contributed by atoms with E-state index in [-0.39, 0.29) is 17.6 Å². The first-order valence-electron chi connectivity index (χ1n) is 9.24. The second kappa shape index (κ2) is 5.72. The minimum atomic E-state index is -0.124. The molecule has 1 saturated heterocycles. The summed E-state index contributed by atoms with van der Waals surface area (Å²) in [7, 11) is 0. The fourth-order valence-electron chi connectivity index (χ4n) is 3.53. The van der Waals surface area contributed by atoms with Crippen LogP contribution >= 0.6 is 0 Å². The van der Waals surface area contributed by atoms with Gasteiger partial charge in [-0.05, 0) is 38.7 Å². The third kappa shape index (κ3) is 2.81. The van der Waals surface area contributed by atoms with Crippen molar-refractivity contribution in [3.63, 3.8) is 0 Å². The van der Waals surface area contributed by atoms with E-state index in [4.69, 9.17) is 9.26 Å². The molecule has 3 aliphatic rings. The van der Waals surface area contributed by atoms with E-state index in [1.54, 1.807) is 17.0 Å². The molecule has 7 heteroatoms. The summed E-state index contributed by atoms with van der Waals surface area (Å²) >= 11 is 0. The van der Waals surface area contributed by atoms with E-state index in [0.717, 1.165) is 37.1 Å². The minimum Gasteiger partial charge on any atom is -0.486 e. The SMILES string of the molecule is Cc1cc(OC2CN(C(=O)c3cc(C4CC4)on3)C2)cc(=O)n1C1CC1. The third-order valence-electron chi connectivity index (χ3n) is 5.31. The largest absolute Gasteiger partial charge is 0.486 e. The highest BCUT2D eigenvalue weighted by Gasteiger charge is 2.36.